The molecule has 2 aliphatic rings. The molecule has 0 atom stereocenters. The lowest BCUT2D eigenvalue weighted by atomic mass is 10.1. The van der Waals surface area contributed by atoms with Gasteiger partial charge in [0.2, 0.25) is 0 Å². The first-order valence-corrected chi connectivity index (χ1v) is 6.92. The van der Waals surface area contributed by atoms with Crippen LogP contribution in [0.4, 0.5) is 17.1 Å². The molecule has 0 bridgehead atoms. The van der Waals surface area contributed by atoms with Gasteiger partial charge in [0.25, 0.3) is 0 Å². The summed E-state index contributed by atoms with van der Waals surface area (Å²) in [5.41, 5.74) is 8.24. The van der Waals surface area contributed by atoms with E-state index in [0.717, 1.165) is 11.4 Å². The number of hydrogen-bond acceptors (Lipinski definition) is 5. The van der Waals surface area contributed by atoms with Crippen LogP contribution in [0, 0.1) is 0 Å². The van der Waals surface area contributed by atoms with E-state index in [-0.39, 0.29) is 5.84 Å². The smallest absolute Gasteiger partial charge is 0.373 e. The number of benzene rings is 2. The predicted molar refractivity (Wildman–Crippen MR) is 81.2 cm³/mol. The van der Waals surface area contributed by atoms with Crippen molar-refractivity contribution in [2.45, 2.75) is 5.91 Å². The fraction of sp³-hybridized carbons (Fsp3) is 0.0714. The van der Waals surface area contributed by atoms with Crippen LogP contribution in [0.5, 0.6) is 0 Å². The molecule has 1 fully saturated rings. The maximum atomic E-state index is 6.02. The van der Waals surface area contributed by atoms with Crippen molar-refractivity contribution < 1.29 is 9.78 Å². The summed E-state index contributed by atoms with van der Waals surface area (Å²) in [5.74, 6) is -0.971. The van der Waals surface area contributed by atoms with Gasteiger partial charge in [-0.25, -0.2) is 4.99 Å². The van der Waals surface area contributed by atoms with Crippen molar-refractivity contribution in [3.8, 4) is 0 Å². The summed E-state index contributed by atoms with van der Waals surface area (Å²) < 4.78 is 0. The predicted octanol–water partition coefficient (Wildman–Crippen LogP) is 3.75. The largest absolute Gasteiger partial charge is 0.381 e. The summed E-state index contributed by atoms with van der Waals surface area (Å²) >= 11 is 12.0. The van der Waals surface area contributed by atoms with Gasteiger partial charge in [-0.15, -0.1) is 0 Å². The van der Waals surface area contributed by atoms with Crippen molar-refractivity contribution in [1.29, 1.82) is 0 Å². The molecule has 2 aliphatic heterocycles. The van der Waals surface area contributed by atoms with Gasteiger partial charge >= 0.3 is 5.91 Å². The summed E-state index contributed by atoms with van der Waals surface area (Å²) in [4.78, 5) is 16.4. The van der Waals surface area contributed by atoms with Crippen molar-refractivity contribution >= 4 is 46.1 Å². The van der Waals surface area contributed by atoms with Crippen molar-refractivity contribution in [3.63, 3.8) is 0 Å². The van der Waals surface area contributed by atoms with E-state index in [1.54, 1.807) is 24.3 Å². The molecule has 4 rings (SSSR count). The normalized spacial score (nSPS) is 18.4. The third-order valence-corrected chi connectivity index (χ3v) is 3.85. The Balaban J connectivity index is 1.92. The van der Waals surface area contributed by atoms with Crippen LogP contribution in [0.3, 0.4) is 0 Å². The highest BCUT2D eigenvalue weighted by molar-refractivity contribution is 6.31. The minimum Gasteiger partial charge on any atom is -0.381 e. The topological polar surface area (TPSA) is 66.7 Å². The minimum atomic E-state index is -1.19. The Hall–Kier alpha value is -1.79. The van der Waals surface area contributed by atoms with E-state index < -0.39 is 5.91 Å². The zero-order valence-electron chi connectivity index (χ0n) is 10.6. The van der Waals surface area contributed by atoms with Crippen molar-refractivity contribution in [2.24, 2.45) is 10.7 Å². The quantitative estimate of drug-likeness (QED) is 0.641. The molecule has 0 unspecified atom stereocenters. The first kappa shape index (κ1) is 12.9. The molecule has 2 heterocycles. The SMILES string of the molecule is NC1=Nc2cc(Cl)ccc2N(c2ccc(Cl)cc2)C12OO2. The summed E-state index contributed by atoms with van der Waals surface area (Å²) in [6, 6.07) is 12.6. The van der Waals surface area contributed by atoms with Crippen LogP contribution >= 0.6 is 23.2 Å². The van der Waals surface area contributed by atoms with Gasteiger partial charge in [-0.3, -0.25) is 4.90 Å². The van der Waals surface area contributed by atoms with Crippen molar-refractivity contribution in [1.82, 2.24) is 0 Å². The number of anilines is 2. The van der Waals surface area contributed by atoms with E-state index in [2.05, 4.69) is 4.99 Å². The summed E-state index contributed by atoms with van der Waals surface area (Å²) in [7, 11) is 0. The fourth-order valence-electron chi connectivity index (χ4n) is 2.35. The van der Waals surface area contributed by atoms with Crippen LogP contribution in [0.15, 0.2) is 47.5 Å². The summed E-state index contributed by atoms with van der Waals surface area (Å²) in [6.07, 6.45) is 0. The van der Waals surface area contributed by atoms with E-state index >= 15 is 0 Å². The van der Waals surface area contributed by atoms with Crippen LogP contribution in [0.25, 0.3) is 0 Å². The molecular formula is C14H9Cl2N3O2. The Morgan fingerprint density at radius 1 is 1.00 bits per heavy atom. The average Bonchev–Trinajstić information content (AvgIpc) is 3.24. The Morgan fingerprint density at radius 3 is 2.33 bits per heavy atom. The van der Waals surface area contributed by atoms with Crippen LogP contribution in [-0.2, 0) is 9.78 Å². The number of fused-ring (bicyclic) bond motifs is 1. The minimum absolute atomic E-state index is 0.215. The highest BCUT2D eigenvalue weighted by atomic mass is 35.5. The molecule has 2 aromatic carbocycles. The van der Waals surface area contributed by atoms with Crippen molar-refractivity contribution in [2.75, 3.05) is 4.90 Å². The Morgan fingerprint density at radius 2 is 1.67 bits per heavy atom. The van der Waals surface area contributed by atoms with E-state index in [4.69, 9.17) is 38.7 Å². The van der Waals surface area contributed by atoms with E-state index in [0.29, 0.717) is 15.7 Å². The van der Waals surface area contributed by atoms with Crippen LogP contribution in [-0.4, -0.2) is 11.7 Å². The average molecular weight is 322 g/mol. The molecule has 21 heavy (non-hydrogen) atoms. The molecule has 0 radical (unpaired) electrons. The molecule has 0 aromatic heterocycles. The molecular weight excluding hydrogens is 313 g/mol. The molecule has 0 amide bonds. The summed E-state index contributed by atoms with van der Waals surface area (Å²) in [6.45, 7) is 0. The number of amidine groups is 1. The molecule has 2 N–H and O–H groups in total. The lowest BCUT2D eigenvalue weighted by molar-refractivity contribution is 0.0850. The highest BCUT2D eigenvalue weighted by Gasteiger charge is 2.62. The lowest BCUT2D eigenvalue weighted by Gasteiger charge is -2.31. The van der Waals surface area contributed by atoms with Gasteiger partial charge < -0.3 is 5.73 Å². The molecule has 1 spiro atoms. The molecule has 5 nitrogen and oxygen atoms in total. The number of rotatable bonds is 1. The van der Waals surface area contributed by atoms with Gasteiger partial charge in [0.05, 0.1) is 11.4 Å². The van der Waals surface area contributed by atoms with E-state index in [9.17, 15) is 0 Å². The number of halogens is 2. The zero-order chi connectivity index (χ0) is 14.6. The summed E-state index contributed by atoms with van der Waals surface area (Å²) in [5, 5.41) is 1.22. The number of hydrogen-bond donors (Lipinski definition) is 1. The maximum absolute atomic E-state index is 6.02. The molecule has 1 saturated heterocycles. The van der Waals surface area contributed by atoms with Crippen LogP contribution < -0.4 is 10.6 Å². The zero-order valence-corrected chi connectivity index (χ0v) is 12.1. The third-order valence-electron chi connectivity index (χ3n) is 3.36. The second-order valence-corrected chi connectivity index (χ2v) is 5.56. The lowest BCUT2D eigenvalue weighted by Crippen LogP contribution is -2.47. The molecule has 106 valence electrons. The number of aliphatic imine (C=N–C) groups is 1. The highest BCUT2D eigenvalue weighted by Crippen LogP contribution is 2.50. The van der Waals surface area contributed by atoms with Crippen LogP contribution in [0.1, 0.15) is 0 Å². The van der Waals surface area contributed by atoms with Gasteiger partial charge in [-0.2, -0.15) is 9.78 Å². The fourth-order valence-corrected chi connectivity index (χ4v) is 2.64. The van der Waals surface area contributed by atoms with Crippen molar-refractivity contribution in [3.05, 3.63) is 52.5 Å². The standard InChI is InChI=1S/C14H9Cl2N3O2/c15-8-1-4-10(5-2-8)19-12-6-3-9(16)7-11(12)18-13(17)14(19)20-21-14/h1-7H,(H2,17,18). The van der Waals surface area contributed by atoms with Gasteiger partial charge in [-0.1, -0.05) is 23.2 Å². The van der Waals surface area contributed by atoms with Gasteiger partial charge in [0, 0.05) is 15.7 Å². The number of nitrogens with two attached hydrogens (primary N) is 1. The third kappa shape index (κ3) is 1.90. The Labute approximate surface area is 130 Å². The molecule has 0 aliphatic carbocycles. The Bertz CT molecular complexity index is 757. The van der Waals surface area contributed by atoms with E-state index in [1.807, 2.05) is 23.1 Å². The van der Waals surface area contributed by atoms with E-state index in [1.165, 1.54) is 0 Å². The maximum Gasteiger partial charge on any atom is 0.373 e. The van der Waals surface area contributed by atoms with Gasteiger partial charge in [0.1, 0.15) is 0 Å². The molecule has 7 heteroatoms. The second kappa shape index (κ2) is 4.35. The molecule has 2 aromatic rings. The van der Waals surface area contributed by atoms with Gasteiger partial charge in [0.15, 0.2) is 5.84 Å². The molecule has 0 saturated carbocycles. The van der Waals surface area contributed by atoms with Gasteiger partial charge in [-0.05, 0) is 42.5 Å². The Kier molecular flexibility index (Phi) is 2.68. The van der Waals surface area contributed by atoms with Crippen LogP contribution in [0.2, 0.25) is 10.0 Å². The second-order valence-electron chi connectivity index (χ2n) is 4.69. The first-order valence-electron chi connectivity index (χ1n) is 6.17. The monoisotopic (exact) mass is 321 g/mol. The first-order chi connectivity index (χ1) is 10.1. The number of nitrogens with zero attached hydrogens (tertiary/aromatic N) is 2.